The SMILES string of the molecule is CC1(C)CC2CC(C1)C1CC(C)(C)CC21. The lowest BCUT2D eigenvalue weighted by molar-refractivity contribution is 0.138. The molecule has 0 aromatic carbocycles. The molecule has 15 heavy (non-hydrogen) atoms. The molecule has 3 rings (SSSR count). The Hall–Kier alpha value is 0. The van der Waals surface area contributed by atoms with Gasteiger partial charge in [-0.05, 0) is 66.6 Å². The minimum Gasteiger partial charge on any atom is -0.0599 e. The summed E-state index contributed by atoms with van der Waals surface area (Å²) in [5.41, 5.74) is 1.32. The molecule has 4 atom stereocenters. The molecule has 0 spiro atoms. The van der Waals surface area contributed by atoms with Gasteiger partial charge in [0.1, 0.15) is 0 Å². The molecule has 3 aliphatic carbocycles. The highest BCUT2D eigenvalue weighted by atomic mass is 14.6. The molecule has 3 saturated carbocycles. The van der Waals surface area contributed by atoms with Crippen molar-refractivity contribution in [3.05, 3.63) is 0 Å². The first-order valence-electron chi connectivity index (χ1n) is 6.86. The third-order valence-electron chi connectivity index (χ3n) is 5.57. The van der Waals surface area contributed by atoms with E-state index in [0.29, 0.717) is 10.8 Å². The van der Waals surface area contributed by atoms with E-state index in [1.807, 2.05) is 0 Å². The standard InChI is InChI=1S/C15H26/c1-14(2)6-10-5-11(7-14)13-9-15(3,4)8-12(10)13/h10-13H,5-9H2,1-4H3. The van der Waals surface area contributed by atoms with E-state index in [1.54, 1.807) is 6.42 Å². The first kappa shape index (κ1) is 10.2. The van der Waals surface area contributed by atoms with Gasteiger partial charge in [-0.25, -0.2) is 0 Å². The highest BCUT2D eigenvalue weighted by molar-refractivity contribution is 5.04. The number of hydrogen-bond donors (Lipinski definition) is 0. The van der Waals surface area contributed by atoms with Crippen LogP contribution >= 0.6 is 0 Å². The lowest BCUT2D eigenvalue weighted by atomic mass is 9.68. The van der Waals surface area contributed by atoms with Crippen LogP contribution in [0.25, 0.3) is 0 Å². The van der Waals surface area contributed by atoms with Gasteiger partial charge in [0.05, 0.1) is 0 Å². The predicted octanol–water partition coefficient (Wildman–Crippen LogP) is 4.49. The topological polar surface area (TPSA) is 0 Å². The van der Waals surface area contributed by atoms with Crippen molar-refractivity contribution in [3.8, 4) is 0 Å². The molecule has 3 aliphatic rings. The average Bonchev–Trinajstić information content (AvgIpc) is 2.47. The van der Waals surface area contributed by atoms with E-state index in [2.05, 4.69) is 27.7 Å². The van der Waals surface area contributed by atoms with E-state index in [4.69, 9.17) is 0 Å². The summed E-state index contributed by atoms with van der Waals surface area (Å²) in [7, 11) is 0. The lowest BCUT2D eigenvalue weighted by Gasteiger charge is -2.37. The van der Waals surface area contributed by atoms with Crippen molar-refractivity contribution in [2.24, 2.45) is 34.5 Å². The Morgan fingerprint density at radius 1 is 0.667 bits per heavy atom. The van der Waals surface area contributed by atoms with Crippen molar-refractivity contribution in [2.75, 3.05) is 0 Å². The monoisotopic (exact) mass is 206 g/mol. The fourth-order valence-electron chi connectivity index (χ4n) is 5.41. The van der Waals surface area contributed by atoms with Crippen LogP contribution in [0, 0.1) is 34.5 Å². The van der Waals surface area contributed by atoms with Crippen molar-refractivity contribution in [3.63, 3.8) is 0 Å². The van der Waals surface area contributed by atoms with Gasteiger partial charge in [-0.1, -0.05) is 27.7 Å². The summed E-state index contributed by atoms with van der Waals surface area (Å²) < 4.78 is 0. The second kappa shape index (κ2) is 2.81. The van der Waals surface area contributed by atoms with Gasteiger partial charge in [-0.2, -0.15) is 0 Å². The van der Waals surface area contributed by atoms with Crippen LogP contribution in [0.4, 0.5) is 0 Å². The molecule has 0 amide bonds. The molecular weight excluding hydrogens is 180 g/mol. The predicted molar refractivity (Wildman–Crippen MR) is 64.6 cm³/mol. The molecular formula is C15H26. The summed E-state index contributed by atoms with van der Waals surface area (Å²) in [5.74, 6) is 4.38. The van der Waals surface area contributed by atoms with Crippen LogP contribution in [0.1, 0.15) is 59.8 Å². The smallest absolute Gasteiger partial charge is 0.0349 e. The lowest BCUT2D eigenvalue weighted by Crippen LogP contribution is -2.26. The molecule has 86 valence electrons. The van der Waals surface area contributed by atoms with Crippen LogP contribution in [-0.2, 0) is 0 Å². The number of fused-ring (bicyclic) bond motifs is 5. The summed E-state index contributed by atoms with van der Waals surface area (Å²) in [6, 6.07) is 0. The van der Waals surface area contributed by atoms with E-state index < -0.39 is 0 Å². The first-order valence-corrected chi connectivity index (χ1v) is 6.86. The highest BCUT2D eigenvalue weighted by Gasteiger charge is 2.55. The van der Waals surface area contributed by atoms with Crippen molar-refractivity contribution in [1.29, 1.82) is 0 Å². The van der Waals surface area contributed by atoms with Crippen LogP contribution in [-0.4, -0.2) is 0 Å². The summed E-state index contributed by atoms with van der Waals surface area (Å²) in [5, 5.41) is 0. The molecule has 0 N–H and O–H groups in total. The molecule has 0 saturated heterocycles. The summed E-state index contributed by atoms with van der Waals surface area (Å²) >= 11 is 0. The van der Waals surface area contributed by atoms with Crippen LogP contribution in [0.15, 0.2) is 0 Å². The molecule has 0 radical (unpaired) electrons. The second-order valence-corrected chi connectivity index (χ2v) is 8.23. The maximum Gasteiger partial charge on any atom is -0.0349 e. The number of rotatable bonds is 0. The summed E-state index contributed by atoms with van der Waals surface area (Å²) in [4.78, 5) is 0. The van der Waals surface area contributed by atoms with Gasteiger partial charge in [0.15, 0.2) is 0 Å². The zero-order chi connectivity index (χ0) is 10.8. The van der Waals surface area contributed by atoms with Gasteiger partial charge >= 0.3 is 0 Å². The Kier molecular flexibility index (Phi) is 1.91. The van der Waals surface area contributed by atoms with Gasteiger partial charge in [0.25, 0.3) is 0 Å². The largest absolute Gasteiger partial charge is 0.0599 e. The van der Waals surface area contributed by atoms with E-state index in [1.165, 1.54) is 25.7 Å². The van der Waals surface area contributed by atoms with E-state index in [9.17, 15) is 0 Å². The Labute approximate surface area is 94.8 Å². The van der Waals surface area contributed by atoms with Crippen molar-refractivity contribution < 1.29 is 0 Å². The molecule has 0 aromatic rings. The summed E-state index contributed by atoms with van der Waals surface area (Å²) in [6.07, 6.45) is 7.65. The van der Waals surface area contributed by atoms with Crippen LogP contribution in [0.5, 0.6) is 0 Å². The Balaban J connectivity index is 1.85. The van der Waals surface area contributed by atoms with Gasteiger partial charge < -0.3 is 0 Å². The molecule has 2 bridgehead atoms. The molecule has 0 nitrogen and oxygen atoms in total. The minimum atomic E-state index is 0.655. The third-order valence-corrected chi connectivity index (χ3v) is 5.57. The van der Waals surface area contributed by atoms with Gasteiger partial charge in [-0.15, -0.1) is 0 Å². The fraction of sp³-hybridized carbons (Fsp3) is 1.00. The van der Waals surface area contributed by atoms with Crippen LogP contribution in [0.2, 0.25) is 0 Å². The van der Waals surface area contributed by atoms with Gasteiger partial charge in [0.2, 0.25) is 0 Å². The highest BCUT2D eigenvalue weighted by Crippen LogP contribution is 2.64. The maximum absolute atomic E-state index is 2.50. The van der Waals surface area contributed by atoms with E-state index >= 15 is 0 Å². The maximum atomic E-state index is 2.50. The van der Waals surface area contributed by atoms with Crippen molar-refractivity contribution >= 4 is 0 Å². The van der Waals surface area contributed by atoms with Gasteiger partial charge in [-0.3, -0.25) is 0 Å². The zero-order valence-corrected chi connectivity index (χ0v) is 10.8. The molecule has 0 aliphatic heterocycles. The Morgan fingerprint density at radius 3 is 1.53 bits per heavy atom. The average molecular weight is 206 g/mol. The quantitative estimate of drug-likeness (QED) is 0.547. The fourth-order valence-corrected chi connectivity index (χ4v) is 5.41. The molecule has 4 unspecified atom stereocenters. The molecule has 3 fully saturated rings. The normalized spacial score (nSPS) is 50.4. The Morgan fingerprint density at radius 2 is 1.07 bits per heavy atom. The van der Waals surface area contributed by atoms with Gasteiger partial charge in [0, 0.05) is 0 Å². The first-order chi connectivity index (χ1) is 6.86. The van der Waals surface area contributed by atoms with E-state index in [-0.39, 0.29) is 0 Å². The number of hydrogen-bond acceptors (Lipinski definition) is 0. The zero-order valence-electron chi connectivity index (χ0n) is 10.8. The van der Waals surface area contributed by atoms with Crippen molar-refractivity contribution in [1.82, 2.24) is 0 Å². The molecule has 0 aromatic heterocycles. The van der Waals surface area contributed by atoms with Crippen LogP contribution in [0.3, 0.4) is 0 Å². The minimum absolute atomic E-state index is 0.655. The summed E-state index contributed by atoms with van der Waals surface area (Å²) in [6.45, 7) is 9.98. The second-order valence-electron chi connectivity index (χ2n) is 8.23. The molecule has 0 heterocycles. The van der Waals surface area contributed by atoms with E-state index in [0.717, 1.165) is 23.7 Å². The van der Waals surface area contributed by atoms with Crippen LogP contribution < -0.4 is 0 Å². The third kappa shape index (κ3) is 1.56. The molecule has 0 heteroatoms. The van der Waals surface area contributed by atoms with Crippen molar-refractivity contribution in [2.45, 2.75) is 59.8 Å². The Bertz CT molecular complexity index is 250.